The topological polar surface area (TPSA) is 95.1 Å². The van der Waals surface area contributed by atoms with Crippen LogP contribution in [0.1, 0.15) is 26.3 Å². The summed E-state index contributed by atoms with van der Waals surface area (Å²) in [4.78, 5) is 22.4. The maximum atomic E-state index is 11.6. The van der Waals surface area contributed by atoms with E-state index >= 15 is 0 Å². The van der Waals surface area contributed by atoms with Gasteiger partial charge in [-0.25, -0.2) is 4.79 Å². The molecule has 19 heavy (non-hydrogen) atoms. The van der Waals surface area contributed by atoms with Crippen LogP contribution in [0.15, 0.2) is 36.7 Å². The Kier molecular flexibility index (Phi) is 3.92. The summed E-state index contributed by atoms with van der Waals surface area (Å²) in [5.41, 5.74) is 1.59. The highest BCUT2D eigenvalue weighted by molar-refractivity contribution is 5.93. The van der Waals surface area contributed by atoms with Crippen LogP contribution >= 0.6 is 0 Å². The summed E-state index contributed by atoms with van der Waals surface area (Å²) < 4.78 is 0. The highest BCUT2D eigenvalue weighted by atomic mass is 16.4. The predicted octanol–water partition coefficient (Wildman–Crippen LogP) is 1.08. The number of hydrogen-bond acceptors (Lipinski definition) is 3. The first-order valence-corrected chi connectivity index (χ1v) is 5.76. The molecule has 0 atom stereocenters. The van der Waals surface area contributed by atoms with Gasteiger partial charge in [0.15, 0.2) is 0 Å². The van der Waals surface area contributed by atoms with Crippen molar-refractivity contribution in [1.29, 1.82) is 0 Å². The van der Waals surface area contributed by atoms with Crippen LogP contribution in [-0.2, 0) is 6.42 Å². The van der Waals surface area contributed by atoms with Crippen LogP contribution in [0.3, 0.4) is 0 Å². The zero-order chi connectivity index (χ0) is 13.7. The lowest BCUT2D eigenvalue weighted by molar-refractivity contribution is 0.0696. The highest BCUT2D eigenvalue weighted by Crippen LogP contribution is 2.05. The number of carboxylic acid groups (broad SMARTS) is 1. The molecule has 0 fully saturated rings. The molecule has 98 valence electrons. The van der Waals surface area contributed by atoms with Crippen molar-refractivity contribution in [2.75, 3.05) is 6.54 Å². The standard InChI is InChI=1S/C13H13N3O3/c17-12(11-7-15-16-8-11)14-5-4-9-2-1-3-10(6-9)13(18)19/h1-3,6-8H,4-5H2,(H,14,17)(H,15,16)(H,18,19). The maximum Gasteiger partial charge on any atom is 0.335 e. The summed E-state index contributed by atoms with van der Waals surface area (Å²) in [5.74, 6) is -1.16. The van der Waals surface area contributed by atoms with Gasteiger partial charge in [-0.05, 0) is 24.1 Å². The Morgan fingerprint density at radius 1 is 1.32 bits per heavy atom. The molecule has 0 saturated heterocycles. The fourth-order valence-electron chi connectivity index (χ4n) is 1.66. The van der Waals surface area contributed by atoms with Gasteiger partial charge in [0.2, 0.25) is 0 Å². The third-order valence-corrected chi connectivity index (χ3v) is 2.63. The number of carbonyl (C=O) groups excluding carboxylic acids is 1. The van der Waals surface area contributed by atoms with Crippen LogP contribution in [0.4, 0.5) is 0 Å². The summed E-state index contributed by atoms with van der Waals surface area (Å²) in [6.45, 7) is 0.438. The number of amides is 1. The Balaban J connectivity index is 1.87. The Bertz CT molecular complexity index is 579. The molecule has 1 aromatic heterocycles. The first kappa shape index (κ1) is 12.8. The average molecular weight is 259 g/mol. The van der Waals surface area contributed by atoms with Crippen LogP contribution < -0.4 is 5.32 Å². The normalized spacial score (nSPS) is 10.1. The number of rotatable bonds is 5. The zero-order valence-electron chi connectivity index (χ0n) is 10.1. The number of aromatic amines is 1. The second-order valence-corrected chi connectivity index (χ2v) is 4.00. The van der Waals surface area contributed by atoms with E-state index in [1.54, 1.807) is 12.1 Å². The molecular weight excluding hydrogens is 246 g/mol. The molecule has 0 bridgehead atoms. The van der Waals surface area contributed by atoms with Crippen molar-refractivity contribution < 1.29 is 14.7 Å². The monoisotopic (exact) mass is 259 g/mol. The molecule has 0 aliphatic carbocycles. The molecule has 2 rings (SSSR count). The van der Waals surface area contributed by atoms with Gasteiger partial charge in [0.1, 0.15) is 0 Å². The summed E-state index contributed by atoms with van der Waals surface area (Å²) >= 11 is 0. The number of carboxylic acids is 1. The second-order valence-electron chi connectivity index (χ2n) is 4.00. The van der Waals surface area contributed by atoms with Gasteiger partial charge in [0.25, 0.3) is 5.91 Å². The summed E-state index contributed by atoms with van der Waals surface area (Å²) in [7, 11) is 0. The van der Waals surface area contributed by atoms with Crippen LogP contribution in [0.2, 0.25) is 0 Å². The van der Waals surface area contributed by atoms with Crippen molar-refractivity contribution in [1.82, 2.24) is 15.5 Å². The van der Waals surface area contributed by atoms with E-state index in [1.165, 1.54) is 18.5 Å². The van der Waals surface area contributed by atoms with Crippen molar-refractivity contribution in [3.8, 4) is 0 Å². The summed E-state index contributed by atoms with van der Waals surface area (Å²) in [6.07, 6.45) is 3.53. The van der Waals surface area contributed by atoms with Gasteiger partial charge in [-0.15, -0.1) is 0 Å². The van der Waals surface area contributed by atoms with Gasteiger partial charge in [-0.2, -0.15) is 5.10 Å². The van der Waals surface area contributed by atoms with Gasteiger partial charge in [-0.3, -0.25) is 9.89 Å². The van der Waals surface area contributed by atoms with Crippen molar-refractivity contribution in [2.24, 2.45) is 0 Å². The third kappa shape index (κ3) is 3.41. The largest absolute Gasteiger partial charge is 0.478 e. The third-order valence-electron chi connectivity index (χ3n) is 2.63. The quantitative estimate of drug-likeness (QED) is 0.748. The molecule has 0 saturated carbocycles. The molecule has 0 radical (unpaired) electrons. The van der Waals surface area contributed by atoms with Gasteiger partial charge < -0.3 is 10.4 Å². The van der Waals surface area contributed by atoms with Crippen LogP contribution in [0.25, 0.3) is 0 Å². The van der Waals surface area contributed by atoms with E-state index < -0.39 is 5.97 Å². The number of benzene rings is 1. The summed E-state index contributed by atoms with van der Waals surface area (Å²) in [5, 5.41) is 17.9. The lowest BCUT2D eigenvalue weighted by Crippen LogP contribution is -2.25. The molecule has 2 aromatic rings. The number of hydrogen-bond donors (Lipinski definition) is 3. The second kappa shape index (κ2) is 5.81. The van der Waals surface area contributed by atoms with E-state index in [2.05, 4.69) is 15.5 Å². The number of carbonyl (C=O) groups is 2. The van der Waals surface area contributed by atoms with E-state index in [4.69, 9.17) is 5.11 Å². The van der Waals surface area contributed by atoms with Crippen molar-refractivity contribution in [2.45, 2.75) is 6.42 Å². The van der Waals surface area contributed by atoms with E-state index in [9.17, 15) is 9.59 Å². The van der Waals surface area contributed by atoms with Crippen molar-refractivity contribution in [3.05, 3.63) is 53.3 Å². The predicted molar refractivity (Wildman–Crippen MR) is 68.0 cm³/mol. The summed E-state index contributed by atoms with van der Waals surface area (Å²) in [6, 6.07) is 6.66. The van der Waals surface area contributed by atoms with Crippen molar-refractivity contribution in [3.63, 3.8) is 0 Å². The van der Waals surface area contributed by atoms with E-state index in [-0.39, 0.29) is 11.5 Å². The van der Waals surface area contributed by atoms with Gasteiger partial charge in [0.05, 0.1) is 17.3 Å². The van der Waals surface area contributed by atoms with E-state index in [1.807, 2.05) is 6.07 Å². The minimum absolute atomic E-state index is 0.205. The van der Waals surface area contributed by atoms with Crippen LogP contribution in [0.5, 0.6) is 0 Å². The van der Waals surface area contributed by atoms with Crippen LogP contribution in [-0.4, -0.2) is 33.7 Å². The Hall–Kier alpha value is -2.63. The fraction of sp³-hybridized carbons (Fsp3) is 0.154. The smallest absolute Gasteiger partial charge is 0.335 e. The molecule has 6 heteroatoms. The number of aromatic carboxylic acids is 1. The van der Waals surface area contributed by atoms with Gasteiger partial charge in [0, 0.05) is 12.7 Å². The van der Waals surface area contributed by atoms with Gasteiger partial charge >= 0.3 is 5.97 Å². The van der Waals surface area contributed by atoms with Crippen molar-refractivity contribution >= 4 is 11.9 Å². The molecule has 1 aromatic carbocycles. The number of aromatic nitrogens is 2. The molecule has 0 aliphatic heterocycles. The molecular formula is C13H13N3O3. The Labute approximate surface area is 109 Å². The van der Waals surface area contributed by atoms with E-state index in [0.717, 1.165) is 5.56 Å². The molecule has 0 unspecified atom stereocenters. The first-order valence-electron chi connectivity index (χ1n) is 5.76. The Morgan fingerprint density at radius 3 is 2.84 bits per heavy atom. The lowest BCUT2D eigenvalue weighted by atomic mass is 10.1. The molecule has 1 heterocycles. The van der Waals surface area contributed by atoms with Crippen LogP contribution in [0, 0.1) is 0 Å². The number of H-pyrrole nitrogens is 1. The SMILES string of the molecule is O=C(O)c1cccc(CCNC(=O)c2cn[nH]c2)c1. The molecule has 0 aliphatic rings. The van der Waals surface area contributed by atoms with Gasteiger partial charge in [-0.1, -0.05) is 12.1 Å². The molecule has 3 N–H and O–H groups in total. The number of nitrogens with one attached hydrogen (secondary N) is 2. The number of nitrogens with zero attached hydrogens (tertiary/aromatic N) is 1. The average Bonchev–Trinajstić information content (AvgIpc) is 2.93. The zero-order valence-corrected chi connectivity index (χ0v) is 10.1. The molecule has 6 nitrogen and oxygen atoms in total. The minimum atomic E-state index is -0.954. The highest BCUT2D eigenvalue weighted by Gasteiger charge is 2.06. The molecule has 1 amide bonds. The molecule has 0 spiro atoms. The lowest BCUT2D eigenvalue weighted by Gasteiger charge is -2.04. The first-order chi connectivity index (χ1) is 9.16. The fourth-order valence-corrected chi connectivity index (χ4v) is 1.66. The minimum Gasteiger partial charge on any atom is -0.478 e. The Morgan fingerprint density at radius 2 is 2.16 bits per heavy atom. The maximum absolute atomic E-state index is 11.6. The van der Waals surface area contributed by atoms with E-state index in [0.29, 0.717) is 18.5 Å².